The maximum atomic E-state index is 11.7. The summed E-state index contributed by atoms with van der Waals surface area (Å²) in [5, 5.41) is 0. The predicted octanol–water partition coefficient (Wildman–Crippen LogP) is 0.515. The SMILES string of the molecule is COC1CN(C(=O)C(C)C)CC1OC. The molecule has 0 aromatic heterocycles. The zero-order chi connectivity index (χ0) is 10.7. The van der Waals surface area contributed by atoms with Gasteiger partial charge in [-0.2, -0.15) is 0 Å². The van der Waals surface area contributed by atoms with Gasteiger partial charge in [-0.25, -0.2) is 0 Å². The maximum Gasteiger partial charge on any atom is 0.225 e. The summed E-state index contributed by atoms with van der Waals surface area (Å²) in [6, 6.07) is 0. The van der Waals surface area contributed by atoms with Gasteiger partial charge in [0.05, 0.1) is 0 Å². The summed E-state index contributed by atoms with van der Waals surface area (Å²) in [6.45, 7) is 5.10. The van der Waals surface area contributed by atoms with Gasteiger partial charge in [-0.05, 0) is 0 Å². The minimum atomic E-state index is 0.0164. The molecule has 4 heteroatoms. The second-order valence-corrected chi connectivity index (χ2v) is 3.95. The molecule has 4 nitrogen and oxygen atoms in total. The molecular weight excluding hydrogens is 182 g/mol. The molecule has 0 aromatic rings. The van der Waals surface area contributed by atoms with Gasteiger partial charge in [-0.1, -0.05) is 13.8 Å². The summed E-state index contributed by atoms with van der Waals surface area (Å²) in [6.07, 6.45) is 0.0328. The van der Waals surface area contributed by atoms with Crippen LogP contribution in [0.15, 0.2) is 0 Å². The first-order chi connectivity index (χ1) is 6.60. The van der Waals surface area contributed by atoms with Crippen LogP contribution < -0.4 is 0 Å². The summed E-state index contributed by atoms with van der Waals surface area (Å²) in [7, 11) is 3.31. The first-order valence-electron chi connectivity index (χ1n) is 4.94. The summed E-state index contributed by atoms with van der Waals surface area (Å²) < 4.78 is 10.5. The summed E-state index contributed by atoms with van der Waals surface area (Å²) in [4.78, 5) is 13.5. The van der Waals surface area contributed by atoms with Gasteiger partial charge in [-0.15, -0.1) is 0 Å². The van der Waals surface area contributed by atoms with Crippen LogP contribution in [0.1, 0.15) is 13.8 Å². The van der Waals surface area contributed by atoms with Gasteiger partial charge >= 0.3 is 0 Å². The standard InChI is InChI=1S/C10H19NO3/c1-7(2)10(12)11-5-8(13-3)9(6-11)14-4/h7-9H,5-6H2,1-4H3. The van der Waals surface area contributed by atoms with Gasteiger partial charge in [0.25, 0.3) is 0 Å². The molecule has 1 amide bonds. The van der Waals surface area contributed by atoms with Crippen LogP contribution in [0, 0.1) is 5.92 Å². The van der Waals surface area contributed by atoms with Crippen molar-refractivity contribution in [1.29, 1.82) is 0 Å². The molecule has 2 atom stereocenters. The first-order valence-corrected chi connectivity index (χ1v) is 4.94. The fourth-order valence-electron chi connectivity index (χ4n) is 1.74. The van der Waals surface area contributed by atoms with E-state index in [-0.39, 0.29) is 24.0 Å². The normalized spacial score (nSPS) is 27.4. The lowest BCUT2D eigenvalue weighted by molar-refractivity contribution is -0.134. The largest absolute Gasteiger partial charge is 0.377 e. The Labute approximate surface area is 85.2 Å². The van der Waals surface area contributed by atoms with Crippen LogP contribution in [0.25, 0.3) is 0 Å². The fraction of sp³-hybridized carbons (Fsp3) is 0.900. The highest BCUT2D eigenvalue weighted by molar-refractivity contribution is 5.78. The van der Waals surface area contributed by atoms with E-state index in [0.717, 1.165) is 0 Å². The van der Waals surface area contributed by atoms with Crippen LogP contribution in [-0.2, 0) is 14.3 Å². The van der Waals surface area contributed by atoms with Crippen LogP contribution in [0.3, 0.4) is 0 Å². The van der Waals surface area contributed by atoms with E-state index in [4.69, 9.17) is 9.47 Å². The maximum absolute atomic E-state index is 11.7. The Morgan fingerprint density at radius 1 is 1.21 bits per heavy atom. The molecule has 0 N–H and O–H groups in total. The van der Waals surface area contributed by atoms with Gasteiger partial charge in [0.2, 0.25) is 5.91 Å². The van der Waals surface area contributed by atoms with E-state index in [9.17, 15) is 4.79 Å². The van der Waals surface area contributed by atoms with E-state index in [1.165, 1.54) is 0 Å². The van der Waals surface area contributed by atoms with E-state index in [2.05, 4.69) is 0 Å². The van der Waals surface area contributed by atoms with Crippen LogP contribution >= 0.6 is 0 Å². The predicted molar refractivity (Wildman–Crippen MR) is 53.0 cm³/mol. The van der Waals surface area contributed by atoms with E-state index in [0.29, 0.717) is 13.1 Å². The second-order valence-electron chi connectivity index (χ2n) is 3.95. The molecule has 1 aliphatic heterocycles. The summed E-state index contributed by atoms with van der Waals surface area (Å²) >= 11 is 0. The summed E-state index contributed by atoms with van der Waals surface area (Å²) in [5.74, 6) is 0.217. The lowest BCUT2D eigenvalue weighted by Gasteiger charge is -2.17. The van der Waals surface area contributed by atoms with Crippen molar-refractivity contribution in [2.75, 3.05) is 27.3 Å². The molecule has 1 heterocycles. The van der Waals surface area contributed by atoms with E-state index in [1.54, 1.807) is 14.2 Å². The Kier molecular flexibility index (Phi) is 3.89. The number of rotatable bonds is 3. The van der Waals surface area contributed by atoms with Gasteiger partial charge in [0, 0.05) is 33.2 Å². The molecule has 0 aliphatic carbocycles. The molecular formula is C10H19NO3. The zero-order valence-corrected chi connectivity index (χ0v) is 9.32. The zero-order valence-electron chi connectivity index (χ0n) is 9.32. The van der Waals surface area contributed by atoms with E-state index in [1.807, 2.05) is 18.7 Å². The molecule has 1 aliphatic rings. The molecule has 0 saturated carbocycles. The third kappa shape index (κ3) is 2.25. The minimum absolute atomic E-state index is 0.0164. The molecule has 0 radical (unpaired) electrons. The van der Waals surface area contributed by atoms with Crippen molar-refractivity contribution < 1.29 is 14.3 Å². The highest BCUT2D eigenvalue weighted by atomic mass is 16.5. The number of amides is 1. The number of hydrogen-bond acceptors (Lipinski definition) is 3. The van der Waals surface area contributed by atoms with Crippen molar-refractivity contribution in [2.45, 2.75) is 26.1 Å². The highest BCUT2D eigenvalue weighted by Gasteiger charge is 2.35. The number of hydrogen-bond donors (Lipinski definition) is 0. The topological polar surface area (TPSA) is 38.8 Å². The van der Waals surface area contributed by atoms with Crippen molar-refractivity contribution in [3.8, 4) is 0 Å². The van der Waals surface area contributed by atoms with Crippen LogP contribution in [0.5, 0.6) is 0 Å². The number of carbonyl (C=O) groups is 1. The Hall–Kier alpha value is -0.610. The molecule has 1 fully saturated rings. The fourth-order valence-corrected chi connectivity index (χ4v) is 1.74. The average molecular weight is 201 g/mol. The quantitative estimate of drug-likeness (QED) is 0.668. The molecule has 0 aromatic carbocycles. The lowest BCUT2D eigenvalue weighted by atomic mass is 10.2. The number of methoxy groups -OCH3 is 2. The highest BCUT2D eigenvalue weighted by Crippen LogP contribution is 2.17. The number of carbonyl (C=O) groups excluding carboxylic acids is 1. The molecule has 1 saturated heterocycles. The molecule has 14 heavy (non-hydrogen) atoms. The van der Waals surface area contributed by atoms with E-state index >= 15 is 0 Å². The van der Waals surface area contributed by atoms with E-state index < -0.39 is 0 Å². The number of likely N-dealkylation sites (tertiary alicyclic amines) is 1. The van der Waals surface area contributed by atoms with Gasteiger partial charge < -0.3 is 14.4 Å². The molecule has 2 unspecified atom stereocenters. The lowest BCUT2D eigenvalue weighted by Crippen LogP contribution is -2.33. The van der Waals surface area contributed by atoms with Crippen LogP contribution in [0.4, 0.5) is 0 Å². The Bertz CT molecular complexity index is 194. The molecule has 82 valence electrons. The van der Waals surface area contributed by atoms with Crippen LogP contribution in [0.2, 0.25) is 0 Å². The van der Waals surface area contributed by atoms with Crippen molar-refractivity contribution >= 4 is 5.91 Å². The second kappa shape index (κ2) is 4.75. The van der Waals surface area contributed by atoms with Gasteiger partial charge in [0.15, 0.2) is 0 Å². The van der Waals surface area contributed by atoms with Crippen molar-refractivity contribution in [1.82, 2.24) is 4.90 Å². The molecule has 0 spiro atoms. The molecule has 1 rings (SSSR count). The Morgan fingerprint density at radius 2 is 1.64 bits per heavy atom. The van der Waals surface area contributed by atoms with Crippen LogP contribution in [-0.4, -0.2) is 50.3 Å². The van der Waals surface area contributed by atoms with Crippen molar-refractivity contribution in [3.63, 3.8) is 0 Å². The Morgan fingerprint density at radius 3 is 1.93 bits per heavy atom. The van der Waals surface area contributed by atoms with Gasteiger partial charge in [0.1, 0.15) is 12.2 Å². The smallest absolute Gasteiger partial charge is 0.225 e. The third-order valence-corrected chi connectivity index (χ3v) is 2.63. The monoisotopic (exact) mass is 201 g/mol. The minimum Gasteiger partial charge on any atom is -0.377 e. The van der Waals surface area contributed by atoms with Gasteiger partial charge in [-0.3, -0.25) is 4.79 Å². The Balaban J connectivity index is 2.57. The average Bonchev–Trinajstić information content (AvgIpc) is 2.59. The van der Waals surface area contributed by atoms with Crippen molar-refractivity contribution in [3.05, 3.63) is 0 Å². The molecule has 0 bridgehead atoms. The first kappa shape index (κ1) is 11.5. The number of ether oxygens (including phenoxy) is 2. The number of nitrogens with zero attached hydrogens (tertiary/aromatic N) is 1. The third-order valence-electron chi connectivity index (χ3n) is 2.63. The summed E-state index contributed by atoms with van der Waals surface area (Å²) in [5.41, 5.74) is 0. The van der Waals surface area contributed by atoms with Crippen molar-refractivity contribution in [2.24, 2.45) is 5.92 Å².